The molecule has 0 unspecified atom stereocenters. The average Bonchev–Trinajstić information content (AvgIpc) is 1.91. The quantitative estimate of drug-likeness (QED) is 0.472. The van der Waals surface area contributed by atoms with Crippen LogP contribution in [0.3, 0.4) is 0 Å². The van der Waals surface area contributed by atoms with Crippen LogP contribution < -0.4 is 0 Å². The van der Waals surface area contributed by atoms with E-state index in [4.69, 9.17) is 0 Å². The van der Waals surface area contributed by atoms with E-state index >= 15 is 0 Å². The number of rotatable bonds is 1. The second-order valence-electron chi connectivity index (χ2n) is 1.61. The zero-order chi connectivity index (χ0) is 6.53. The lowest BCUT2D eigenvalue weighted by Gasteiger charge is -1.97. The van der Waals surface area contributed by atoms with E-state index in [0.717, 1.165) is 5.71 Å². The van der Waals surface area contributed by atoms with Gasteiger partial charge in [-0.2, -0.15) is 0 Å². The molecule has 0 atom stereocenters. The lowest BCUT2D eigenvalue weighted by Crippen LogP contribution is -2.02. The summed E-state index contributed by atoms with van der Waals surface area (Å²) in [6.45, 7) is 0.629. The highest BCUT2D eigenvalue weighted by Crippen LogP contribution is 1.89. The zero-order valence-corrected chi connectivity index (χ0v) is 5.24. The molecule has 0 spiro atoms. The molecule has 3 heteroatoms. The molecule has 0 aromatic rings. The lowest BCUT2D eigenvalue weighted by atomic mass is 10.3. The Labute approximate surface area is 53.7 Å². The highest BCUT2D eigenvalue weighted by molar-refractivity contribution is 6.01. The Morgan fingerprint density at radius 1 is 1.78 bits per heavy atom. The highest BCUT2D eigenvalue weighted by atomic mass is 16.6. The maximum Gasteiger partial charge on any atom is 0.106 e. The zero-order valence-electron chi connectivity index (χ0n) is 5.24. The summed E-state index contributed by atoms with van der Waals surface area (Å²) in [6.07, 6.45) is 5.45. The van der Waals surface area contributed by atoms with Gasteiger partial charge in [0.1, 0.15) is 12.8 Å². The first-order valence-corrected chi connectivity index (χ1v) is 2.70. The summed E-state index contributed by atoms with van der Waals surface area (Å²) in [5.74, 6) is 0. The molecule has 1 rings (SSSR count). The second kappa shape index (κ2) is 3.02. The topological polar surface area (TPSA) is 34.0 Å². The van der Waals surface area contributed by atoms with Gasteiger partial charge in [0.15, 0.2) is 0 Å². The van der Waals surface area contributed by atoms with Crippen molar-refractivity contribution in [3.05, 3.63) is 12.2 Å². The van der Waals surface area contributed by atoms with Crippen molar-refractivity contribution in [2.24, 2.45) is 10.1 Å². The first-order valence-electron chi connectivity index (χ1n) is 2.70. The summed E-state index contributed by atoms with van der Waals surface area (Å²) in [5.41, 5.74) is 0.861. The molecule has 0 N–H and O–H groups in total. The van der Waals surface area contributed by atoms with Crippen LogP contribution in [-0.4, -0.2) is 25.6 Å². The fourth-order valence-corrected chi connectivity index (χ4v) is 0.590. The van der Waals surface area contributed by atoms with Crippen molar-refractivity contribution in [3.8, 4) is 0 Å². The van der Waals surface area contributed by atoms with Gasteiger partial charge in [-0.05, 0) is 12.2 Å². The predicted octanol–water partition coefficient (Wildman–Crippen LogP) is 0.629. The summed E-state index contributed by atoms with van der Waals surface area (Å²) in [7, 11) is 1.53. The van der Waals surface area contributed by atoms with Crippen LogP contribution in [0.1, 0.15) is 0 Å². The van der Waals surface area contributed by atoms with E-state index in [0.29, 0.717) is 6.54 Å². The number of hydrogen-bond donors (Lipinski definition) is 0. The first kappa shape index (κ1) is 6.01. The lowest BCUT2D eigenvalue weighted by molar-refractivity contribution is 0.213. The fraction of sp³-hybridized carbons (Fsp3) is 0.333. The third-order valence-corrected chi connectivity index (χ3v) is 0.942. The van der Waals surface area contributed by atoms with Crippen LogP contribution >= 0.6 is 0 Å². The third-order valence-electron chi connectivity index (χ3n) is 0.942. The summed E-state index contributed by atoms with van der Waals surface area (Å²) in [4.78, 5) is 8.50. The minimum absolute atomic E-state index is 0.629. The van der Waals surface area contributed by atoms with Crippen molar-refractivity contribution in [2.45, 2.75) is 0 Å². The van der Waals surface area contributed by atoms with Gasteiger partial charge >= 0.3 is 0 Å². The summed E-state index contributed by atoms with van der Waals surface area (Å²) in [6, 6.07) is 0. The monoisotopic (exact) mass is 124 g/mol. The number of oxime groups is 1. The van der Waals surface area contributed by atoms with Gasteiger partial charge in [-0.25, -0.2) is 0 Å². The van der Waals surface area contributed by atoms with E-state index in [2.05, 4.69) is 15.0 Å². The molecule has 0 amide bonds. The Morgan fingerprint density at radius 2 is 2.67 bits per heavy atom. The highest BCUT2D eigenvalue weighted by Gasteiger charge is 1.94. The molecule has 0 aromatic carbocycles. The summed E-state index contributed by atoms with van der Waals surface area (Å²) >= 11 is 0. The van der Waals surface area contributed by atoms with Gasteiger partial charge in [0.25, 0.3) is 0 Å². The largest absolute Gasteiger partial charge is 0.399 e. The Bertz CT molecular complexity index is 170. The number of nitrogens with zero attached hydrogens (tertiary/aromatic N) is 2. The number of dihydropyridines is 1. The molecule has 0 aliphatic carbocycles. The van der Waals surface area contributed by atoms with Gasteiger partial charge in [-0.15, -0.1) is 0 Å². The second-order valence-corrected chi connectivity index (χ2v) is 1.61. The summed E-state index contributed by atoms with van der Waals surface area (Å²) < 4.78 is 0. The number of allylic oxidation sites excluding steroid dienone is 1. The van der Waals surface area contributed by atoms with Crippen LogP contribution in [0.4, 0.5) is 0 Å². The van der Waals surface area contributed by atoms with Crippen molar-refractivity contribution in [3.63, 3.8) is 0 Å². The van der Waals surface area contributed by atoms with Crippen LogP contribution in [0.25, 0.3) is 0 Å². The van der Waals surface area contributed by atoms with Gasteiger partial charge in [0.2, 0.25) is 0 Å². The molecule has 1 aliphatic heterocycles. The van der Waals surface area contributed by atoms with E-state index in [1.807, 2.05) is 12.2 Å². The predicted molar refractivity (Wildman–Crippen MR) is 36.9 cm³/mol. The third kappa shape index (κ3) is 1.68. The molecule has 1 heterocycles. The van der Waals surface area contributed by atoms with Crippen molar-refractivity contribution >= 4 is 11.9 Å². The van der Waals surface area contributed by atoms with Gasteiger partial charge < -0.3 is 4.84 Å². The first-order chi connectivity index (χ1) is 4.43. The maximum absolute atomic E-state index is 4.54. The van der Waals surface area contributed by atoms with Gasteiger partial charge in [0.05, 0.1) is 6.54 Å². The minimum Gasteiger partial charge on any atom is -0.399 e. The molecule has 0 bridgehead atoms. The molecule has 48 valence electrons. The van der Waals surface area contributed by atoms with Crippen molar-refractivity contribution < 1.29 is 4.84 Å². The molecule has 0 radical (unpaired) electrons. The molecule has 0 fully saturated rings. The Morgan fingerprint density at radius 3 is 3.22 bits per heavy atom. The molecule has 3 nitrogen and oxygen atoms in total. The molecule has 1 aliphatic rings. The van der Waals surface area contributed by atoms with Gasteiger partial charge in [0, 0.05) is 6.21 Å². The average molecular weight is 124 g/mol. The van der Waals surface area contributed by atoms with E-state index in [9.17, 15) is 0 Å². The van der Waals surface area contributed by atoms with Crippen LogP contribution in [-0.2, 0) is 4.84 Å². The van der Waals surface area contributed by atoms with Crippen molar-refractivity contribution in [1.82, 2.24) is 0 Å². The molecule has 0 saturated heterocycles. The fourth-order valence-electron chi connectivity index (χ4n) is 0.590. The van der Waals surface area contributed by atoms with Crippen LogP contribution in [0.2, 0.25) is 0 Å². The molecular weight excluding hydrogens is 116 g/mol. The van der Waals surface area contributed by atoms with Gasteiger partial charge in [-0.3, -0.25) is 4.99 Å². The molecule has 0 aromatic heterocycles. The van der Waals surface area contributed by atoms with Crippen LogP contribution in [0.5, 0.6) is 0 Å². The standard InChI is InChI=1S/C6H8N2O/c1-9-8-6-3-2-4-7-5-6/h2-4H,5H2,1H3/b8-6+. The van der Waals surface area contributed by atoms with Crippen molar-refractivity contribution in [2.75, 3.05) is 13.7 Å². The number of hydrogen-bond acceptors (Lipinski definition) is 3. The maximum atomic E-state index is 4.54. The van der Waals surface area contributed by atoms with Crippen LogP contribution in [0.15, 0.2) is 22.3 Å². The van der Waals surface area contributed by atoms with Gasteiger partial charge in [-0.1, -0.05) is 5.16 Å². The van der Waals surface area contributed by atoms with E-state index in [1.54, 1.807) is 6.21 Å². The van der Waals surface area contributed by atoms with Crippen molar-refractivity contribution in [1.29, 1.82) is 0 Å². The molecule has 0 saturated carbocycles. The van der Waals surface area contributed by atoms with E-state index < -0.39 is 0 Å². The Kier molecular flexibility index (Phi) is 2.01. The normalized spacial score (nSPS) is 20.8. The SMILES string of the molecule is CO/N=C1\C=CC=NC1. The molecular formula is C6H8N2O. The summed E-state index contributed by atoms with van der Waals surface area (Å²) in [5, 5.41) is 3.70. The van der Waals surface area contributed by atoms with Crippen LogP contribution in [0, 0.1) is 0 Å². The van der Waals surface area contributed by atoms with E-state index in [1.165, 1.54) is 7.11 Å². The number of aliphatic imine (C=N–C) groups is 1. The molecule has 9 heavy (non-hydrogen) atoms. The van der Waals surface area contributed by atoms with E-state index in [-0.39, 0.29) is 0 Å². The Balaban J connectivity index is 2.55. The minimum atomic E-state index is 0.629. The smallest absolute Gasteiger partial charge is 0.106 e. The Hall–Kier alpha value is -1.12.